The van der Waals surface area contributed by atoms with E-state index in [1.165, 1.54) is 47.1 Å². The van der Waals surface area contributed by atoms with Gasteiger partial charge in [0.05, 0.1) is 12.1 Å². The molecule has 5 unspecified atom stereocenters. The van der Waals surface area contributed by atoms with E-state index in [1.807, 2.05) is 0 Å². The number of amides is 1. The zero-order valence-corrected chi connectivity index (χ0v) is 17.0. The third kappa shape index (κ3) is 3.66. The van der Waals surface area contributed by atoms with Gasteiger partial charge in [-0.2, -0.15) is 9.40 Å². The van der Waals surface area contributed by atoms with Crippen LogP contribution in [0.2, 0.25) is 0 Å². The van der Waals surface area contributed by atoms with Gasteiger partial charge in [0.2, 0.25) is 15.9 Å². The van der Waals surface area contributed by atoms with E-state index in [4.69, 9.17) is 0 Å². The monoisotopic (exact) mass is 394 g/mol. The summed E-state index contributed by atoms with van der Waals surface area (Å²) < 4.78 is 28.6. The predicted molar refractivity (Wildman–Crippen MR) is 101 cm³/mol. The van der Waals surface area contributed by atoms with Crippen molar-refractivity contribution in [3.63, 3.8) is 0 Å². The summed E-state index contributed by atoms with van der Waals surface area (Å²) in [5.74, 6) is 1.95. The van der Waals surface area contributed by atoms with Crippen molar-refractivity contribution in [1.29, 1.82) is 0 Å². The molecular weight excluding hydrogens is 364 g/mol. The van der Waals surface area contributed by atoms with Crippen molar-refractivity contribution >= 4 is 15.9 Å². The number of aryl methyl sites for hydroxylation is 1. The number of aromatic nitrogens is 2. The summed E-state index contributed by atoms with van der Waals surface area (Å²) >= 11 is 0. The Morgan fingerprint density at radius 2 is 2.11 bits per heavy atom. The highest BCUT2D eigenvalue weighted by atomic mass is 32.2. The summed E-state index contributed by atoms with van der Waals surface area (Å²) in [6, 6.07) is 0.179. The lowest BCUT2D eigenvalue weighted by Gasteiger charge is -2.33. The minimum atomic E-state index is -3.59. The fourth-order valence-corrected chi connectivity index (χ4v) is 6.92. The van der Waals surface area contributed by atoms with Gasteiger partial charge in [-0.15, -0.1) is 0 Å². The highest BCUT2D eigenvalue weighted by molar-refractivity contribution is 7.89. The van der Waals surface area contributed by atoms with Crippen molar-refractivity contribution in [1.82, 2.24) is 19.4 Å². The van der Waals surface area contributed by atoms with Crippen LogP contribution in [0.25, 0.3) is 0 Å². The van der Waals surface area contributed by atoms with Crippen LogP contribution in [-0.4, -0.2) is 47.5 Å². The van der Waals surface area contributed by atoms with Crippen LogP contribution < -0.4 is 5.32 Å². The van der Waals surface area contributed by atoms with Crippen LogP contribution in [0.4, 0.5) is 0 Å². The van der Waals surface area contributed by atoms with Crippen molar-refractivity contribution in [3.05, 3.63) is 12.4 Å². The van der Waals surface area contributed by atoms with Gasteiger partial charge in [-0.25, -0.2) is 8.42 Å². The molecule has 4 rings (SSSR count). The Hall–Kier alpha value is -1.41. The van der Waals surface area contributed by atoms with Crippen LogP contribution in [-0.2, 0) is 21.9 Å². The van der Waals surface area contributed by atoms with Crippen molar-refractivity contribution in [3.8, 4) is 0 Å². The van der Waals surface area contributed by atoms with Gasteiger partial charge in [-0.1, -0.05) is 6.42 Å². The number of piperidine rings is 1. The molecular formula is C19H30N4O3S. The molecule has 150 valence electrons. The summed E-state index contributed by atoms with van der Waals surface area (Å²) in [5.41, 5.74) is 0. The van der Waals surface area contributed by atoms with Crippen LogP contribution in [0.3, 0.4) is 0 Å². The van der Waals surface area contributed by atoms with Gasteiger partial charge in [0, 0.05) is 32.4 Å². The molecule has 8 heteroatoms. The Bertz CT molecular complexity index is 806. The summed E-state index contributed by atoms with van der Waals surface area (Å²) in [5, 5.41) is 7.18. The van der Waals surface area contributed by atoms with Crippen LogP contribution in [0.15, 0.2) is 17.3 Å². The Balaban J connectivity index is 1.38. The highest BCUT2D eigenvalue weighted by Gasteiger charge is 2.43. The lowest BCUT2D eigenvalue weighted by molar-refractivity contribution is -0.127. The first-order chi connectivity index (χ1) is 12.8. The normalized spacial score (nSPS) is 32.5. The average Bonchev–Trinajstić information content (AvgIpc) is 3.38. The number of nitrogens with zero attached hydrogens (tertiary/aromatic N) is 3. The number of nitrogens with one attached hydrogen (secondary N) is 1. The van der Waals surface area contributed by atoms with E-state index in [-0.39, 0.29) is 29.3 Å². The first kappa shape index (κ1) is 18.9. The van der Waals surface area contributed by atoms with Gasteiger partial charge in [-0.3, -0.25) is 9.48 Å². The zero-order chi connectivity index (χ0) is 19.2. The minimum Gasteiger partial charge on any atom is -0.353 e. The summed E-state index contributed by atoms with van der Waals surface area (Å²) in [6.07, 6.45) is 9.55. The van der Waals surface area contributed by atoms with E-state index < -0.39 is 10.0 Å². The van der Waals surface area contributed by atoms with Crippen LogP contribution >= 0.6 is 0 Å². The van der Waals surface area contributed by atoms with Crippen molar-refractivity contribution in [2.45, 2.75) is 56.4 Å². The number of rotatable bonds is 5. The SMILES string of the molecule is CC(NC(=O)C1CCCN(S(=O)(=O)c2cnn(C)c2)C1)C1CC2CCC1C2. The number of carbonyl (C=O) groups is 1. The van der Waals surface area contributed by atoms with Gasteiger partial charge in [0.15, 0.2) is 0 Å². The third-order valence-corrected chi connectivity index (χ3v) is 8.70. The average molecular weight is 395 g/mol. The second kappa shape index (κ2) is 7.20. The number of hydrogen-bond acceptors (Lipinski definition) is 4. The van der Waals surface area contributed by atoms with E-state index in [0.717, 1.165) is 18.3 Å². The molecule has 1 amide bonds. The van der Waals surface area contributed by atoms with Gasteiger partial charge < -0.3 is 5.32 Å². The molecule has 1 aromatic rings. The van der Waals surface area contributed by atoms with Crippen LogP contribution in [0.1, 0.15) is 45.4 Å². The molecule has 2 bridgehead atoms. The molecule has 3 fully saturated rings. The lowest BCUT2D eigenvalue weighted by atomic mass is 9.83. The lowest BCUT2D eigenvalue weighted by Crippen LogP contribution is -2.48. The molecule has 0 aromatic carbocycles. The van der Waals surface area contributed by atoms with E-state index in [2.05, 4.69) is 17.3 Å². The van der Waals surface area contributed by atoms with Crippen molar-refractivity contribution in [2.24, 2.45) is 30.7 Å². The number of sulfonamides is 1. The fraction of sp³-hybridized carbons (Fsp3) is 0.789. The van der Waals surface area contributed by atoms with Crippen molar-refractivity contribution < 1.29 is 13.2 Å². The number of hydrogen-bond donors (Lipinski definition) is 1. The molecule has 2 aliphatic carbocycles. The molecule has 27 heavy (non-hydrogen) atoms. The Labute approximate surface area is 161 Å². The smallest absolute Gasteiger partial charge is 0.246 e. The number of fused-ring (bicyclic) bond motifs is 2. The summed E-state index contributed by atoms with van der Waals surface area (Å²) in [6.45, 7) is 2.84. The van der Waals surface area contributed by atoms with Crippen LogP contribution in [0.5, 0.6) is 0 Å². The molecule has 7 nitrogen and oxygen atoms in total. The molecule has 1 N–H and O–H groups in total. The number of carbonyl (C=O) groups excluding carboxylic acids is 1. The first-order valence-corrected chi connectivity index (χ1v) is 11.6. The predicted octanol–water partition coefficient (Wildman–Crippen LogP) is 1.76. The fourth-order valence-electron chi connectivity index (χ4n) is 5.41. The Morgan fingerprint density at radius 1 is 1.30 bits per heavy atom. The maximum atomic E-state index is 12.8. The Morgan fingerprint density at radius 3 is 2.74 bits per heavy atom. The third-order valence-electron chi connectivity index (χ3n) is 6.88. The largest absolute Gasteiger partial charge is 0.353 e. The van der Waals surface area contributed by atoms with Gasteiger partial charge in [0.25, 0.3) is 0 Å². The molecule has 0 radical (unpaired) electrons. The molecule has 1 saturated heterocycles. The maximum Gasteiger partial charge on any atom is 0.246 e. The molecule has 0 spiro atoms. The highest BCUT2D eigenvalue weighted by Crippen LogP contribution is 2.49. The van der Waals surface area contributed by atoms with Gasteiger partial charge >= 0.3 is 0 Å². The zero-order valence-electron chi connectivity index (χ0n) is 16.2. The van der Waals surface area contributed by atoms with E-state index in [0.29, 0.717) is 18.9 Å². The summed E-state index contributed by atoms with van der Waals surface area (Å²) in [4.78, 5) is 13.0. The topological polar surface area (TPSA) is 84.3 Å². The molecule has 5 atom stereocenters. The molecule has 2 saturated carbocycles. The second-order valence-corrected chi connectivity index (χ2v) is 10.6. The molecule has 2 heterocycles. The molecule has 1 aliphatic heterocycles. The minimum absolute atomic E-state index is 0.0105. The second-order valence-electron chi connectivity index (χ2n) is 8.69. The molecule has 3 aliphatic rings. The Kier molecular flexibility index (Phi) is 5.05. The maximum absolute atomic E-state index is 12.8. The standard InChI is InChI=1S/C19H30N4O3S/c1-13(18-9-14-5-6-15(18)8-14)21-19(24)16-4-3-7-23(11-16)27(25,26)17-10-20-22(2)12-17/h10,12-16,18H,3-9,11H2,1-2H3,(H,21,24). The van der Waals surface area contributed by atoms with E-state index in [1.54, 1.807) is 7.05 Å². The van der Waals surface area contributed by atoms with Crippen LogP contribution in [0, 0.1) is 23.7 Å². The quantitative estimate of drug-likeness (QED) is 0.825. The first-order valence-electron chi connectivity index (χ1n) is 10.1. The molecule has 1 aromatic heterocycles. The van der Waals surface area contributed by atoms with Gasteiger partial charge in [-0.05, 0) is 56.8 Å². The summed E-state index contributed by atoms with van der Waals surface area (Å²) in [7, 11) is -1.89. The van der Waals surface area contributed by atoms with Gasteiger partial charge in [0.1, 0.15) is 4.90 Å². The van der Waals surface area contributed by atoms with Crippen molar-refractivity contribution in [2.75, 3.05) is 13.1 Å². The van der Waals surface area contributed by atoms with E-state index in [9.17, 15) is 13.2 Å². The van der Waals surface area contributed by atoms with E-state index >= 15 is 0 Å².